The first kappa shape index (κ1) is 14.2. The Morgan fingerprint density at radius 2 is 2.06 bits per heavy atom. The van der Waals surface area contributed by atoms with E-state index in [9.17, 15) is 4.79 Å². The Labute approximate surface area is 104 Å². The van der Waals surface area contributed by atoms with Crippen molar-refractivity contribution in [3.63, 3.8) is 0 Å². The zero-order valence-corrected chi connectivity index (χ0v) is 10.7. The lowest BCUT2D eigenvalue weighted by atomic mass is 9.86. The third-order valence-electron chi connectivity index (χ3n) is 3.04. The highest BCUT2D eigenvalue weighted by Crippen LogP contribution is 2.22. The smallest absolute Gasteiger partial charge is 0.223 e. The molecule has 98 valence electrons. The first-order chi connectivity index (χ1) is 8.09. The first-order valence-corrected chi connectivity index (χ1v) is 6.35. The molecule has 0 saturated heterocycles. The molecule has 1 aliphatic carbocycles. The van der Waals surface area contributed by atoms with E-state index in [0.29, 0.717) is 19.8 Å². The molecular formula is C13H24N2O2. The van der Waals surface area contributed by atoms with E-state index in [1.807, 2.05) is 6.92 Å². The van der Waals surface area contributed by atoms with Gasteiger partial charge in [0.25, 0.3) is 0 Å². The second kappa shape index (κ2) is 7.45. The first-order valence-electron chi connectivity index (χ1n) is 6.35. The predicted molar refractivity (Wildman–Crippen MR) is 68.6 cm³/mol. The third-order valence-corrected chi connectivity index (χ3v) is 3.04. The van der Waals surface area contributed by atoms with Gasteiger partial charge in [-0.05, 0) is 32.6 Å². The lowest BCUT2D eigenvalue weighted by Gasteiger charge is -2.25. The highest BCUT2D eigenvalue weighted by atomic mass is 16.5. The van der Waals surface area contributed by atoms with Crippen molar-refractivity contribution in [1.82, 2.24) is 5.32 Å². The quantitative estimate of drug-likeness (QED) is 0.542. The van der Waals surface area contributed by atoms with E-state index in [4.69, 9.17) is 10.5 Å². The highest BCUT2D eigenvalue weighted by Gasteiger charge is 2.23. The van der Waals surface area contributed by atoms with Crippen molar-refractivity contribution in [2.24, 2.45) is 11.7 Å². The Kier molecular flexibility index (Phi) is 6.22. The second-order valence-corrected chi connectivity index (χ2v) is 4.91. The molecule has 17 heavy (non-hydrogen) atoms. The summed E-state index contributed by atoms with van der Waals surface area (Å²) in [6, 6.07) is 0.290. The molecule has 0 aromatic rings. The Balaban J connectivity index is 2.06. The maximum absolute atomic E-state index is 11.8. The summed E-state index contributed by atoms with van der Waals surface area (Å²) in [4.78, 5) is 11.8. The molecular weight excluding hydrogens is 216 g/mol. The van der Waals surface area contributed by atoms with Crippen LogP contribution in [0, 0.1) is 5.92 Å². The van der Waals surface area contributed by atoms with Gasteiger partial charge in [0, 0.05) is 18.5 Å². The molecule has 0 radical (unpaired) electrons. The van der Waals surface area contributed by atoms with Crippen LogP contribution in [-0.2, 0) is 9.53 Å². The van der Waals surface area contributed by atoms with E-state index in [-0.39, 0.29) is 17.9 Å². The average molecular weight is 240 g/mol. The zero-order valence-electron chi connectivity index (χ0n) is 10.7. The molecule has 1 amide bonds. The zero-order chi connectivity index (χ0) is 12.7. The van der Waals surface area contributed by atoms with Gasteiger partial charge in [-0.3, -0.25) is 4.79 Å². The fourth-order valence-electron chi connectivity index (χ4n) is 2.02. The molecule has 0 aromatic heterocycles. The van der Waals surface area contributed by atoms with E-state index >= 15 is 0 Å². The van der Waals surface area contributed by atoms with E-state index in [0.717, 1.165) is 31.3 Å². The molecule has 0 atom stereocenters. The van der Waals surface area contributed by atoms with Crippen molar-refractivity contribution in [2.75, 3.05) is 19.8 Å². The van der Waals surface area contributed by atoms with Gasteiger partial charge in [0.1, 0.15) is 0 Å². The fraction of sp³-hybridized carbons (Fsp3) is 0.769. The summed E-state index contributed by atoms with van der Waals surface area (Å²) < 4.78 is 5.32. The van der Waals surface area contributed by atoms with Crippen molar-refractivity contribution in [3.05, 3.63) is 12.2 Å². The molecule has 4 nitrogen and oxygen atoms in total. The number of amides is 1. The van der Waals surface area contributed by atoms with Crippen LogP contribution in [-0.4, -0.2) is 31.7 Å². The van der Waals surface area contributed by atoms with Crippen LogP contribution in [0.25, 0.3) is 0 Å². The summed E-state index contributed by atoms with van der Waals surface area (Å²) in [5.74, 6) is 0.298. The van der Waals surface area contributed by atoms with Gasteiger partial charge < -0.3 is 15.8 Å². The molecule has 0 heterocycles. The van der Waals surface area contributed by atoms with Gasteiger partial charge in [-0.15, -0.1) is 0 Å². The van der Waals surface area contributed by atoms with Crippen molar-refractivity contribution < 1.29 is 9.53 Å². The number of rotatable bonds is 6. The SMILES string of the molecule is C=C(C)COCCNC(=O)C1CCC(N)CC1. The second-order valence-electron chi connectivity index (χ2n) is 4.91. The van der Waals surface area contributed by atoms with Crippen molar-refractivity contribution >= 4 is 5.91 Å². The maximum atomic E-state index is 11.8. The van der Waals surface area contributed by atoms with Crippen LogP contribution < -0.4 is 11.1 Å². The van der Waals surface area contributed by atoms with Crippen LogP contribution in [0.1, 0.15) is 32.6 Å². The van der Waals surface area contributed by atoms with Gasteiger partial charge >= 0.3 is 0 Å². The summed E-state index contributed by atoms with van der Waals surface area (Å²) >= 11 is 0. The summed E-state index contributed by atoms with van der Waals surface area (Å²) in [6.07, 6.45) is 3.76. The number of nitrogens with one attached hydrogen (secondary N) is 1. The molecule has 4 heteroatoms. The van der Waals surface area contributed by atoms with E-state index in [1.165, 1.54) is 0 Å². The van der Waals surface area contributed by atoms with Crippen LogP contribution in [0.4, 0.5) is 0 Å². The van der Waals surface area contributed by atoms with Crippen molar-refractivity contribution in [3.8, 4) is 0 Å². The number of hydrogen-bond donors (Lipinski definition) is 2. The van der Waals surface area contributed by atoms with Crippen LogP contribution in [0.15, 0.2) is 12.2 Å². The fourth-order valence-corrected chi connectivity index (χ4v) is 2.02. The average Bonchev–Trinajstić information content (AvgIpc) is 2.29. The molecule has 0 unspecified atom stereocenters. The van der Waals surface area contributed by atoms with Crippen molar-refractivity contribution in [2.45, 2.75) is 38.6 Å². The van der Waals surface area contributed by atoms with Gasteiger partial charge in [-0.25, -0.2) is 0 Å². The van der Waals surface area contributed by atoms with Crippen LogP contribution in [0.3, 0.4) is 0 Å². The standard InChI is InChI=1S/C13H24N2O2/c1-10(2)9-17-8-7-15-13(16)11-3-5-12(14)6-4-11/h11-12H,1,3-9,14H2,2H3,(H,15,16). The van der Waals surface area contributed by atoms with Crippen LogP contribution in [0.2, 0.25) is 0 Å². The molecule has 3 N–H and O–H groups in total. The Bertz CT molecular complexity index is 258. The van der Waals surface area contributed by atoms with Crippen LogP contribution >= 0.6 is 0 Å². The number of ether oxygens (including phenoxy) is 1. The predicted octanol–water partition coefficient (Wildman–Crippen LogP) is 1.21. The normalized spacial score (nSPS) is 24.4. The summed E-state index contributed by atoms with van der Waals surface area (Å²) in [7, 11) is 0. The van der Waals surface area contributed by atoms with E-state index < -0.39 is 0 Å². The summed E-state index contributed by atoms with van der Waals surface area (Å²) in [6.45, 7) is 7.35. The number of carbonyl (C=O) groups excluding carboxylic acids is 1. The lowest BCUT2D eigenvalue weighted by molar-refractivity contribution is -0.126. The number of hydrogen-bond acceptors (Lipinski definition) is 3. The van der Waals surface area contributed by atoms with E-state index in [2.05, 4.69) is 11.9 Å². The topological polar surface area (TPSA) is 64.3 Å². The minimum atomic E-state index is 0.149. The molecule has 0 aromatic carbocycles. The maximum Gasteiger partial charge on any atom is 0.223 e. The largest absolute Gasteiger partial charge is 0.375 e. The molecule has 0 spiro atoms. The molecule has 0 aliphatic heterocycles. The highest BCUT2D eigenvalue weighted by molar-refractivity contribution is 5.78. The van der Waals surface area contributed by atoms with Gasteiger partial charge in [0.05, 0.1) is 13.2 Å². The minimum Gasteiger partial charge on any atom is -0.375 e. The molecule has 1 rings (SSSR count). The molecule has 0 bridgehead atoms. The van der Waals surface area contributed by atoms with Gasteiger partial charge in [-0.1, -0.05) is 12.2 Å². The summed E-state index contributed by atoms with van der Waals surface area (Å²) in [5, 5.41) is 2.91. The molecule has 1 saturated carbocycles. The minimum absolute atomic E-state index is 0.149. The van der Waals surface area contributed by atoms with Crippen LogP contribution in [0.5, 0.6) is 0 Å². The number of carbonyl (C=O) groups is 1. The number of nitrogens with two attached hydrogens (primary N) is 1. The Morgan fingerprint density at radius 1 is 1.41 bits per heavy atom. The Hall–Kier alpha value is -0.870. The Morgan fingerprint density at radius 3 is 2.65 bits per heavy atom. The monoisotopic (exact) mass is 240 g/mol. The van der Waals surface area contributed by atoms with Gasteiger partial charge in [0.15, 0.2) is 0 Å². The third kappa shape index (κ3) is 5.84. The lowest BCUT2D eigenvalue weighted by Crippen LogP contribution is -2.37. The van der Waals surface area contributed by atoms with Crippen molar-refractivity contribution in [1.29, 1.82) is 0 Å². The molecule has 1 fully saturated rings. The van der Waals surface area contributed by atoms with E-state index in [1.54, 1.807) is 0 Å². The van der Waals surface area contributed by atoms with Gasteiger partial charge in [-0.2, -0.15) is 0 Å². The summed E-state index contributed by atoms with van der Waals surface area (Å²) in [5.41, 5.74) is 6.80. The molecule has 1 aliphatic rings. The van der Waals surface area contributed by atoms with Gasteiger partial charge in [0.2, 0.25) is 5.91 Å².